The van der Waals surface area contributed by atoms with Crippen LogP contribution in [0.5, 0.6) is 11.5 Å². The molecular weight excluding hydrogens is 276 g/mol. The SMILES string of the molecule is COc1ccc(OCc2[nH]c3ccccc3[n+]2C(C)C)cc1. The lowest BCUT2D eigenvalue weighted by molar-refractivity contribution is -0.699. The van der Waals surface area contributed by atoms with Crippen LogP contribution in [0, 0.1) is 0 Å². The predicted molar refractivity (Wildman–Crippen MR) is 86.2 cm³/mol. The molecule has 0 bridgehead atoms. The third kappa shape index (κ3) is 2.77. The van der Waals surface area contributed by atoms with Crippen LogP contribution in [0.25, 0.3) is 11.0 Å². The van der Waals surface area contributed by atoms with Crippen molar-refractivity contribution in [1.82, 2.24) is 4.98 Å². The average molecular weight is 297 g/mol. The Kier molecular flexibility index (Phi) is 4.00. The normalized spacial score (nSPS) is 11.1. The molecule has 0 saturated carbocycles. The molecule has 0 spiro atoms. The van der Waals surface area contributed by atoms with Gasteiger partial charge in [0.25, 0.3) is 5.82 Å². The second-order valence-corrected chi connectivity index (χ2v) is 5.52. The molecule has 114 valence electrons. The van der Waals surface area contributed by atoms with Crippen molar-refractivity contribution in [2.45, 2.75) is 26.5 Å². The van der Waals surface area contributed by atoms with Crippen LogP contribution < -0.4 is 14.0 Å². The zero-order valence-electron chi connectivity index (χ0n) is 13.2. The van der Waals surface area contributed by atoms with E-state index in [1.54, 1.807) is 7.11 Å². The Morgan fingerprint density at radius 2 is 1.68 bits per heavy atom. The second-order valence-electron chi connectivity index (χ2n) is 5.52. The van der Waals surface area contributed by atoms with Gasteiger partial charge in [0.15, 0.2) is 17.6 Å². The molecule has 4 nitrogen and oxygen atoms in total. The summed E-state index contributed by atoms with van der Waals surface area (Å²) in [5, 5.41) is 0. The molecule has 4 heteroatoms. The summed E-state index contributed by atoms with van der Waals surface area (Å²) in [6.07, 6.45) is 0. The molecule has 1 heterocycles. The van der Waals surface area contributed by atoms with Gasteiger partial charge in [0.05, 0.1) is 13.2 Å². The number of imidazole rings is 1. The van der Waals surface area contributed by atoms with E-state index in [-0.39, 0.29) is 0 Å². The topological polar surface area (TPSA) is 38.1 Å². The zero-order chi connectivity index (χ0) is 15.5. The third-order valence-electron chi connectivity index (χ3n) is 3.68. The Bertz CT molecular complexity index is 760. The van der Waals surface area contributed by atoms with Crippen LogP contribution in [-0.2, 0) is 6.61 Å². The van der Waals surface area contributed by atoms with Gasteiger partial charge >= 0.3 is 0 Å². The van der Waals surface area contributed by atoms with Gasteiger partial charge in [0.1, 0.15) is 11.5 Å². The quantitative estimate of drug-likeness (QED) is 0.730. The van der Waals surface area contributed by atoms with Crippen LogP contribution in [0.1, 0.15) is 25.7 Å². The Morgan fingerprint density at radius 3 is 2.36 bits per heavy atom. The van der Waals surface area contributed by atoms with Gasteiger partial charge in [-0.1, -0.05) is 12.1 Å². The lowest BCUT2D eigenvalue weighted by Gasteiger charge is -2.08. The highest BCUT2D eigenvalue weighted by molar-refractivity contribution is 5.71. The fourth-order valence-corrected chi connectivity index (χ4v) is 2.67. The minimum atomic E-state index is 0.366. The van der Waals surface area contributed by atoms with E-state index in [1.807, 2.05) is 30.3 Å². The van der Waals surface area contributed by atoms with E-state index in [1.165, 1.54) is 5.52 Å². The summed E-state index contributed by atoms with van der Waals surface area (Å²) < 4.78 is 13.3. The standard InChI is InChI=1S/C18H20N2O2/c1-13(2)20-17-7-5-4-6-16(17)19-18(20)12-22-15-10-8-14(21-3)9-11-15/h4-11,13H,12H2,1-3H3/p+1. The maximum atomic E-state index is 5.90. The van der Waals surface area contributed by atoms with Crippen LogP contribution in [0.3, 0.4) is 0 Å². The molecule has 0 amide bonds. The summed E-state index contributed by atoms with van der Waals surface area (Å²) in [6.45, 7) is 4.85. The number of methoxy groups -OCH3 is 1. The lowest BCUT2D eigenvalue weighted by Crippen LogP contribution is -2.39. The van der Waals surface area contributed by atoms with Crippen LogP contribution in [0.15, 0.2) is 48.5 Å². The maximum absolute atomic E-state index is 5.90. The molecule has 1 N–H and O–H groups in total. The first-order chi connectivity index (χ1) is 10.7. The summed E-state index contributed by atoms with van der Waals surface area (Å²) >= 11 is 0. The van der Waals surface area contributed by atoms with Crippen molar-refractivity contribution in [3.8, 4) is 11.5 Å². The minimum absolute atomic E-state index is 0.366. The fourth-order valence-electron chi connectivity index (χ4n) is 2.67. The highest BCUT2D eigenvalue weighted by Crippen LogP contribution is 2.19. The van der Waals surface area contributed by atoms with E-state index < -0.39 is 0 Å². The number of benzene rings is 2. The summed E-state index contributed by atoms with van der Waals surface area (Å²) in [5.74, 6) is 2.72. The van der Waals surface area contributed by atoms with Crippen molar-refractivity contribution < 1.29 is 14.0 Å². The summed E-state index contributed by atoms with van der Waals surface area (Å²) in [4.78, 5) is 3.45. The van der Waals surface area contributed by atoms with E-state index in [0.717, 1.165) is 22.8 Å². The molecular formula is C18H21N2O2+. The number of ether oxygens (including phenoxy) is 2. The smallest absolute Gasteiger partial charge is 0.293 e. The van der Waals surface area contributed by atoms with Crippen molar-refractivity contribution in [2.24, 2.45) is 0 Å². The predicted octanol–water partition coefficient (Wildman–Crippen LogP) is 3.62. The molecule has 22 heavy (non-hydrogen) atoms. The summed E-state index contributed by atoms with van der Waals surface area (Å²) in [5.41, 5.74) is 2.33. The molecule has 0 unspecified atom stereocenters. The number of nitrogens with zero attached hydrogens (tertiary/aromatic N) is 1. The Balaban J connectivity index is 1.85. The monoisotopic (exact) mass is 297 g/mol. The first kappa shape index (κ1) is 14.4. The van der Waals surface area contributed by atoms with E-state index in [0.29, 0.717) is 12.6 Å². The largest absolute Gasteiger partial charge is 0.497 e. The van der Waals surface area contributed by atoms with Crippen molar-refractivity contribution in [3.05, 3.63) is 54.4 Å². The molecule has 0 atom stereocenters. The molecule has 0 radical (unpaired) electrons. The highest BCUT2D eigenvalue weighted by Gasteiger charge is 2.20. The van der Waals surface area contributed by atoms with Gasteiger partial charge in [-0.15, -0.1) is 0 Å². The molecule has 3 aromatic rings. The van der Waals surface area contributed by atoms with Crippen molar-refractivity contribution in [3.63, 3.8) is 0 Å². The van der Waals surface area contributed by atoms with Gasteiger partial charge in [0, 0.05) is 0 Å². The minimum Gasteiger partial charge on any atom is -0.497 e. The number of fused-ring (bicyclic) bond motifs is 1. The first-order valence-electron chi connectivity index (χ1n) is 7.47. The first-order valence-corrected chi connectivity index (χ1v) is 7.47. The van der Waals surface area contributed by atoms with E-state index in [9.17, 15) is 0 Å². The molecule has 2 aromatic carbocycles. The van der Waals surface area contributed by atoms with E-state index in [2.05, 4.69) is 41.6 Å². The van der Waals surface area contributed by atoms with Gasteiger partial charge in [-0.3, -0.25) is 0 Å². The van der Waals surface area contributed by atoms with Crippen molar-refractivity contribution >= 4 is 11.0 Å². The summed E-state index contributed by atoms with van der Waals surface area (Å²) in [6, 6.07) is 16.3. The summed E-state index contributed by atoms with van der Waals surface area (Å²) in [7, 11) is 1.66. The number of para-hydroxylation sites is 2. The molecule has 0 aliphatic rings. The molecule has 1 aromatic heterocycles. The van der Waals surface area contributed by atoms with Gasteiger partial charge < -0.3 is 9.47 Å². The Labute approximate surface area is 130 Å². The van der Waals surface area contributed by atoms with Gasteiger partial charge in [0.2, 0.25) is 0 Å². The van der Waals surface area contributed by atoms with Crippen molar-refractivity contribution in [1.29, 1.82) is 0 Å². The van der Waals surface area contributed by atoms with E-state index >= 15 is 0 Å². The number of aromatic nitrogens is 2. The zero-order valence-corrected chi connectivity index (χ0v) is 13.2. The number of nitrogens with one attached hydrogen (secondary N) is 1. The maximum Gasteiger partial charge on any atom is 0.293 e. The lowest BCUT2D eigenvalue weighted by atomic mass is 10.3. The molecule has 0 aliphatic heterocycles. The van der Waals surface area contributed by atoms with Gasteiger partial charge in [-0.2, -0.15) is 0 Å². The number of H-pyrrole nitrogens is 1. The second kappa shape index (κ2) is 6.10. The van der Waals surface area contributed by atoms with Crippen molar-refractivity contribution in [2.75, 3.05) is 7.11 Å². The van der Waals surface area contributed by atoms with Gasteiger partial charge in [-0.05, 0) is 50.2 Å². The third-order valence-corrected chi connectivity index (χ3v) is 3.68. The molecule has 0 fully saturated rings. The molecule has 0 saturated heterocycles. The Hall–Kier alpha value is -2.49. The van der Waals surface area contributed by atoms with Crippen LogP contribution in [0.2, 0.25) is 0 Å². The van der Waals surface area contributed by atoms with Crippen LogP contribution in [0.4, 0.5) is 0 Å². The average Bonchev–Trinajstić information content (AvgIpc) is 2.92. The van der Waals surface area contributed by atoms with Gasteiger partial charge in [-0.25, -0.2) is 9.55 Å². The van der Waals surface area contributed by atoms with Crippen LogP contribution >= 0.6 is 0 Å². The number of hydrogen-bond acceptors (Lipinski definition) is 2. The Morgan fingerprint density at radius 1 is 1.00 bits per heavy atom. The number of rotatable bonds is 5. The number of hydrogen-bond donors (Lipinski definition) is 1. The fraction of sp³-hybridized carbons (Fsp3) is 0.278. The number of aromatic amines is 1. The van der Waals surface area contributed by atoms with E-state index in [4.69, 9.17) is 9.47 Å². The van der Waals surface area contributed by atoms with Crippen LogP contribution in [-0.4, -0.2) is 12.1 Å². The molecule has 3 rings (SSSR count). The molecule has 0 aliphatic carbocycles. The highest BCUT2D eigenvalue weighted by atomic mass is 16.5.